The van der Waals surface area contributed by atoms with Crippen LogP contribution < -0.4 is 10.2 Å². The smallest absolute Gasteiger partial charge is 0.219 e. The number of hydrogen-bond donors (Lipinski definition) is 1. The van der Waals surface area contributed by atoms with Gasteiger partial charge in [-0.15, -0.1) is 0 Å². The highest BCUT2D eigenvalue weighted by molar-refractivity contribution is 5.73. The number of anilines is 2. The summed E-state index contributed by atoms with van der Waals surface area (Å²) in [5.74, 6) is 1.85. The van der Waals surface area contributed by atoms with Crippen LogP contribution in [0.2, 0.25) is 0 Å². The van der Waals surface area contributed by atoms with E-state index in [0.29, 0.717) is 0 Å². The quantitative estimate of drug-likeness (QED) is 0.935. The first-order chi connectivity index (χ1) is 11.6. The van der Waals surface area contributed by atoms with Gasteiger partial charge in [0.1, 0.15) is 18.0 Å². The number of carbonyl (C=O) groups is 1. The Labute approximate surface area is 142 Å². The summed E-state index contributed by atoms with van der Waals surface area (Å²) in [5, 5.41) is 3.42. The molecule has 1 atom stereocenters. The molecule has 2 aromatic rings. The van der Waals surface area contributed by atoms with Crippen LogP contribution in [0.3, 0.4) is 0 Å². The maximum Gasteiger partial charge on any atom is 0.219 e. The van der Waals surface area contributed by atoms with E-state index in [9.17, 15) is 4.79 Å². The summed E-state index contributed by atoms with van der Waals surface area (Å²) >= 11 is 0. The minimum Gasteiger partial charge on any atom is -0.363 e. The summed E-state index contributed by atoms with van der Waals surface area (Å²) in [6, 6.07) is 12.4. The van der Waals surface area contributed by atoms with E-state index in [2.05, 4.69) is 39.2 Å². The van der Waals surface area contributed by atoms with E-state index < -0.39 is 0 Å². The molecule has 0 saturated carbocycles. The lowest BCUT2D eigenvalue weighted by molar-refractivity contribution is -0.129. The number of hydrogen-bond acceptors (Lipinski definition) is 5. The second-order valence-corrected chi connectivity index (χ2v) is 6.03. The van der Waals surface area contributed by atoms with Crippen molar-refractivity contribution in [3.05, 3.63) is 48.3 Å². The summed E-state index contributed by atoms with van der Waals surface area (Å²) in [4.78, 5) is 24.2. The fourth-order valence-electron chi connectivity index (χ4n) is 2.90. The second kappa shape index (κ2) is 7.29. The zero-order valence-corrected chi connectivity index (χ0v) is 14.1. The molecule has 1 aromatic carbocycles. The summed E-state index contributed by atoms with van der Waals surface area (Å²) < 4.78 is 0. The number of benzene rings is 1. The molecular weight excluding hydrogens is 302 g/mol. The molecule has 1 aliphatic heterocycles. The van der Waals surface area contributed by atoms with Gasteiger partial charge in [0.05, 0.1) is 0 Å². The molecular formula is C18H23N5O. The van der Waals surface area contributed by atoms with Gasteiger partial charge in [-0.3, -0.25) is 4.79 Å². The molecule has 6 heteroatoms. The SMILES string of the molecule is CC(=O)N1CCN(c2cc(NC(C)c3ccccc3)ncn2)CC1. The zero-order chi connectivity index (χ0) is 16.9. The van der Waals surface area contributed by atoms with Gasteiger partial charge in [-0.25, -0.2) is 9.97 Å². The molecule has 6 nitrogen and oxygen atoms in total. The van der Waals surface area contributed by atoms with Gasteiger partial charge in [-0.05, 0) is 12.5 Å². The monoisotopic (exact) mass is 325 g/mol. The van der Waals surface area contributed by atoms with Crippen molar-refractivity contribution < 1.29 is 4.79 Å². The topological polar surface area (TPSA) is 61.4 Å². The van der Waals surface area contributed by atoms with Crippen molar-refractivity contribution in [3.63, 3.8) is 0 Å². The van der Waals surface area contributed by atoms with Crippen LogP contribution in [0.25, 0.3) is 0 Å². The van der Waals surface area contributed by atoms with E-state index in [0.717, 1.165) is 37.8 Å². The molecule has 3 rings (SSSR count). The number of aromatic nitrogens is 2. The van der Waals surface area contributed by atoms with E-state index in [1.807, 2.05) is 29.2 Å². The second-order valence-electron chi connectivity index (χ2n) is 6.03. The van der Waals surface area contributed by atoms with Crippen molar-refractivity contribution >= 4 is 17.5 Å². The molecule has 1 unspecified atom stereocenters. The number of carbonyl (C=O) groups excluding carboxylic acids is 1. The average Bonchev–Trinajstić information content (AvgIpc) is 2.63. The zero-order valence-electron chi connectivity index (χ0n) is 14.1. The third kappa shape index (κ3) is 3.82. The van der Waals surface area contributed by atoms with Crippen LogP contribution in [0, 0.1) is 0 Å². The van der Waals surface area contributed by atoms with Gasteiger partial charge < -0.3 is 15.1 Å². The Kier molecular flexibility index (Phi) is 4.93. The predicted molar refractivity (Wildman–Crippen MR) is 95.0 cm³/mol. The normalized spacial score (nSPS) is 15.9. The first kappa shape index (κ1) is 16.2. The Morgan fingerprint density at radius 3 is 2.50 bits per heavy atom. The lowest BCUT2D eigenvalue weighted by atomic mass is 10.1. The van der Waals surface area contributed by atoms with Gasteiger partial charge in [0.2, 0.25) is 5.91 Å². The van der Waals surface area contributed by atoms with Gasteiger partial charge in [-0.1, -0.05) is 30.3 Å². The van der Waals surface area contributed by atoms with Gasteiger partial charge in [0, 0.05) is 45.2 Å². The van der Waals surface area contributed by atoms with E-state index in [1.165, 1.54) is 5.56 Å². The standard InChI is InChI=1S/C18H23N5O/c1-14(16-6-4-3-5-7-16)21-17-12-18(20-13-19-17)23-10-8-22(9-11-23)15(2)24/h3-7,12-14H,8-11H2,1-2H3,(H,19,20,21). The van der Waals surface area contributed by atoms with Crippen molar-refractivity contribution in [2.45, 2.75) is 19.9 Å². The number of piperazine rings is 1. The molecule has 1 fully saturated rings. The molecule has 1 aliphatic rings. The average molecular weight is 325 g/mol. The summed E-state index contributed by atoms with van der Waals surface area (Å²) in [6.45, 7) is 6.80. The minimum absolute atomic E-state index is 0.136. The molecule has 0 spiro atoms. The Morgan fingerprint density at radius 1 is 1.12 bits per heavy atom. The fraction of sp³-hybridized carbons (Fsp3) is 0.389. The Morgan fingerprint density at radius 2 is 1.83 bits per heavy atom. The number of nitrogens with one attached hydrogen (secondary N) is 1. The molecule has 1 saturated heterocycles. The Balaban J connectivity index is 1.65. The number of rotatable bonds is 4. The summed E-state index contributed by atoms with van der Waals surface area (Å²) in [6.07, 6.45) is 1.59. The summed E-state index contributed by atoms with van der Waals surface area (Å²) in [7, 11) is 0. The van der Waals surface area contributed by atoms with Crippen LogP contribution >= 0.6 is 0 Å². The van der Waals surface area contributed by atoms with Crippen LogP contribution in [0.4, 0.5) is 11.6 Å². The molecule has 0 radical (unpaired) electrons. The first-order valence-electron chi connectivity index (χ1n) is 8.27. The highest BCUT2D eigenvalue weighted by atomic mass is 16.2. The van der Waals surface area contributed by atoms with Gasteiger partial charge in [0.25, 0.3) is 0 Å². The van der Waals surface area contributed by atoms with E-state index in [-0.39, 0.29) is 11.9 Å². The molecule has 1 amide bonds. The minimum atomic E-state index is 0.136. The third-order valence-corrected chi connectivity index (χ3v) is 4.37. The molecule has 2 heterocycles. The van der Waals surface area contributed by atoms with Crippen molar-refractivity contribution in [1.29, 1.82) is 0 Å². The van der Waals surface area contributed by atoms with E-state index in [1.54, 1.807) is 13.3 Å². The van der Waals surface area contributed by atoms with Crippen LogP contribution in [0.5, 0.6) is 0 Å². The first-order valence-corrected chi connectivity index (χ1v) is 8.27. The maximum absolute atomic E-state index is 11.4. The Hall–Kier alpha value is -2.63. The lowest BCUT2D eigenvalue weighted by Crippen LogP contribution is -2.48. The Bertz CT molecular complexity index is 683. The highest BCUT2D eigenvalue weighted by Gasteiger charge is 2.20. The molecule has 126 valence electrons. The largest absolute Gasteiger partial charge is 0.363 e. The van der Waals surface area contributed by atoms with Crippen molar-refractivity contribution in [2.75, 3.05) is 36.4 Å². The molecule has 1 aromatic heterocycles. The third-order valence-electron chi connectivity index (χ3n) is 4.37. The summed E-state index contributed by atoms with van der Waals surface area (Å²) in [5.41, 5.74) is 1.22. The van der Waals surface area contributed by atoms with Crippen LogP contribution in [0.15, 0.2) is 42.7 Å². The van der Waals surface area contributed by atoms with Crippen LogP contribution in [-0.2, 0) is 4.79 Å². The van der Waals surface area contributed by atoms with E-state index in [4.69, 9.17) is 0 Å². The number of amides is 1. The van der Waals surface area contributed by atoms with Crippen molar-refractivity contribution in [1.82, 2.24) is 14.9 Å². The van der Waals surface area contributed by atoms with E-state index >= 15 is 0 Å². The van der Waals surface area contributed by atoms with Gasteiger partial charge in [0.15, 0.2) is 0 Å². The van der Waals surface area contributed by atoms with Gasteiger partial charge >= 0.3 is 0 Å². The molecule has 1 N–H and O–H groups in total. The van der Waals surface area contributed by atoms with Crippen LogP contribution in [0.1, 0.15) is 25.5 Å². The van der Waals surface area contributed by atoms with Gasteiger partial charge in [-0.2, -0.15) is 0 Å². The number of nitrogens with zero attached hydrogens (tertiary/aromatic N) is 4. The molecule has 0 bridgehead atoms. The lowest BCUT2D eigenvalue weighted by Gasteiger charge is -2.34. The van der Waals surface area contributed by atoms with Crippen molar-refractivity contribution in [2.24, 2.45) is 0 Å². The predicted octanol–water partition coefficient (Wildman–Crippen LogP) is 2.32. The fourth-order valence-corrected chi connectivity index (χ4v) is 2.90. The molecule has 0 aliphatic carbocycles. The van der Waals surface area contributed by atoms with Crippen molar-refractivity contribution in [3.8, 4) is 0 Å². The highest BCUT2D eigenvalue weighted by Crippen LogP contribution is 2.21. The molecule has 24 heavy (non-hydrogen) atoms. The maximum atomic E-state index is 11.4. The van der Waals surface area contributed by atoms with Crippen LogP contribution in [-0.4, -0.2) is 47.0 Å².